The highest BCUT2D eigenvalue weighted by Gasteiger charge is 2.35. The average molecular weight is 356 g/mol. The molecule has 5 heteroatoms. The maximum absolute atomic E-state index is 12.5. The minimum Gasteiger partial charge on any atom is -0.466 e. The molecule has 3 rings (SSSR count). The van der Waals surface area contributed by atoms with E-state index in [1.165, 1.54) is 0 Å². The van der Waals surface area contributed by atoms with E-state index in [0.29, 0.717) is 6.54 Å². The number of methoxy groups -OCH3 is 1. The minimum atomic E-state index is -0.185. The van der Waals surface area contributed by atoms with E-state index in [4.69, 9.17) is 9.15 Å². The van der Waals surface area contributed by atoms with E-state index in [1.54, 1.807) is 7.11 Å². The predicted octanol–water partition coefficient (Wildman–Crippen LogP) is 4.29. The molecule has 1 heterocycles. The fraction of sp³-hybridized carbons (Fsp3) is 0.476. The Morgan fingerprint density at radius 3 is 2.77 bits per heavy atom. The van der Waals surface area contributed by atoms with Crippen LogP contribution in [0.1, 0.15) is 55.1 Å². The number of hydrogen-bond donors (Lipinski definition) is 2. The lowest BCUT2D eigenvalue weighted by Crippen LogP contribution is -2.42. The molecule has 5 nitrogen and oxygen atoms in total. The summed E-state index contributed by atoms with van der Waals surface area (Å²) in [7, 11) is 1.65. The van der Waals surface area contributed by atoms with Crippen LogP contribution in [0.3, 0.4) is 0 Å². The normalized spacial score (nSPS) is 19.5. The zero-order chi connectivity index (χ0) is 18.7. The summed E-state index contributed by atoms with van der Waals surface area (Å²) >= 11 is 0. The molecule has 1 aliphatic carbocycles. The molecule has 2 atom stereocenters. The number of amides is 2. The van der Waals surface area contributed by atoms with Crippen molar-refractivity contribution >= 4 is 6.03 Å². The number of benzene rings is 1. The van der Waals surface area contributed by atoms with Gasteiger partial charge in [0.2, 0.25) is 0 Å². The standard InChI is InChI=1S/C21H28N2O3/c1-14-10-16-17(11-21(2,3)12-18(16)26-14)23-20(24)22-13-19(25-4)15-8-6-5-7-9-15/h5-10,17,19H,11-13H2,1-4H3,(H2,22,23,24). The summed E-state index contributed by atoms with van der Waals surface area (Å²) < 4.78 is 11.3. The SMILES string of the molecule is COC(CNC(=O)NC1CC(C)(C)Cc2oc(C)cc21)c1ccccc1. The zero-order valence-corrected chi connectivity index (χ0v) is 16.0. The van der Waals surface area contributed by atoms with Gasteiger partial charge in [0, 0.05) is 25.6 Å². The highest BCUT2D eigenvalue weighted by Crippen LogP contribution is 2.41. The molecule has 2 unspecified atom stereocenters. The van der Waals surface area contributed by atoms with Crippen molar-refractivity contribution in [1.29, 1.82) is 0 Å². The number of hydrogen-bond acceptors (Lipinski definition) is 3. The fourth-order valence-corrected chi connectivity index (χ4v) is 3.71. The van der Waals surface area contributed by atoms with E-state index in [-0.39, 0.29) is 23.6 Å². The topological polar surface area (TPSA) is 63.5 Å². The Hall–Kier alpha value is -2.27. The van der Waals surface area contributed by atoms with Gasteiger partial charge in [-0.25, -0.2) is 4.79 Å². The Balaban J connectivity index is 1.63. The maximum atomic E-state index is 12.5. The van der Waals surface area contributed by atoms with Gasteiger partial charge >= 0.3 is 6.03 Å². The van der Waals surface area contributed by atoms with Crippen LogP contribution < -0.4 is 10.6 Å². The Bertz CT molecular complexity index is 752. The smallest absolute Gasteiger partial charge is 0.315 e. The van der Waals surface area contributed by atoms with Gasteiger partial charge in [-0.05, 0) is 30.4 Å². The molecule has 0 bridgehead atoms. The van der Waals surface area contributed by atoms with E-state index < -0.39 is 0 Å². The number of ether oxygens (including phenoxy) is 1. The lowest BCUT2D eigenvalue weighted by molar-refractivity contribution is 0.103. The van der Waals surface area contributed by atoms with Crippen LogP contribution in [0.2, 0.25) is 0 Å². The minimum absolute atomic E-state index is 0.0380. The van der Waals surface area contributed by atoms with Crippen LogP contribution >= 0.6 is 0 Å². The second-order valence-electron chi connectivity index (χ2n) is 7.82. The highest BCUT2D eigenvalue weighted by molar-refractivity contribution is 5.74. The Labute approximate surface area is 155 Å². The van der Waals surface area contributed by atoms with E-state index in [9.17, 15) is 4.79 Å². The molecule has 1 aliphatic rings. The summed E-state index contributed by atoms with van der Waals surface area (Å²) in [6, 6.07) is 11.7. The van der Waals surface area contributed by atoms with Gasteiger partial charge in [0.25, 0.3) is 0 Å². The molecule has 1 aromatic heterocycles. The van der Waals surface area contributed by atoms with E-state index in [1.807, 2.05) is 43.3 Å². The first-order valence-corrected chi connectivity index (χ1v) is 9.09. The molecular weight excluding hydrogens is 328 g/mol. The Kier molecular flexibility index (Phi) is 5.37. The number of rotatable bonds is 5. The number of fused-ring (bicyclic) bond motifs is 1. The first-order valence-electron chi connectivity index (χ1n) is 9.09. The van der Waals surface area contributed by atoms with Gasteiger partial charge in [-0.15, -0.1) is 0 Å². The Morgan fingerprint density at radius 2 is 2.08 bits per heavy atom. The fourth-order valence-electron chi connectivity index (χ4n) is 3.71. The van der Waals surface area contributed by atoms with Crippen molar-refractivity contribution in [2.75, 3.05) is 13.7 Å². The van der Waals surface area contributed by atoms with Crippen molar-refractivity contribution < 1.29 is 13.9 Å². The van der Waals surface area contributed by atoms with Crippen LogP contribution in [0.4, 0.5) is 4.79 Å². The second kappa shape index (κ2) is 7.54. The summed E-state index contributed by atoms with van der Waals surface area (Å²) in [6.07, 6.45) is 1.62. The molecular formula is C21H28N2O3. The molecule has 2 aromatic rings. The largest absolute Gasteiger partial charge is 0.466 e. The molecule has 1 aromatic carbocycles. The van der Waals surface area contributed by atoms with E-state index in [0.717, 1.165) is 35.5 Å². The maximum Gasteiger partial charge on any atom is 0.315 e. The predicted molar refractivity (Wildman–Crippen MR) is 101 cm³/mol. The number of carbonyl (C=O) groups excluding carboxylic acids is 1. The monoisotopic (exact) mass is 356 g/mol. The van der Waals surface area contributed by atoms with E-state index in [2.05, 4.69) is 24.5 Å². The van der Waals surface area contributed by atoms with Gasteiger partial charge in [-0.3, -0.25) is 0 Å². The molecule has 26 heavy (non-hydrogen) atoms. The van der Waals surface area contributed by atoms with Crippen molar-refractivity contribution in [1.82, 2.24) is 10.6 Å². The van der Waals surface area contributed by atoms with Gasteiger partial charge < -0.3 is 19.8 Å². The quantitative estimate of drug-likeness (QED) is 0.840. The zero-order valence-electron chi connectivity index (χ0n) is 16.0. The summed E-state index contributed by atoms with van der Waals surface area (Å²) in [5, 5.41) is 6.05. The van der Waals surface area contributed by atoms with Crippen molar-refractivity contribution in [3.8, 4) is 0 Å². The first kappa shape index (κ1) is 18.5. The molecule has 2 amide bonds. The van der Waals surface area contributed by atoms with Crippen LogP contribution in [-0.2, 0) is 11.2 Å². The second-order valence-corrected chi connectivity index (χ2v) is 7.82. The molecule has 0 radical (unpaired) electrons. The van der Waals surface area contributed by atoms with E-state index >= 15 is 0 Å². The molecule has 0 aliphatic heterocycles. The number of carbonyl (C=O) groups is 1. The highest BCUT2D eigenvalue weighted by atomic mass is 16.5. The molecule has 0 spiro atoms. The van der Waals surface area contributed by atoms with Crippen LogP contribution in [-0.4, -0.2) is 19.7 Å². The van der Waals surface area contributed by atoms with Gasteiger partial charge in [-0.1, -0.05) is 44.2 Å². The van der Waals surface area contributed by atoms with Crippen molar-refractivity contribution in [2.24, 2.45) is 5.41 Å². The first-order chi connectivity index (χ1) is 12.4. The van der Waals surface area contributed by atoms with Crippen molar-refractivity contribution in [3.63, 3.8) is 0 Å². The molecule has 0 saturated heterocycles. The van der Waals surface area contributed by atoms with Gasteiger partial charge in [0.1, 0.15) is 11.5 Å². The number of urea groups is 1. The summed E-state index contributed by atoms with van der Waals surface area (Å²) in [4.78, 5) is 12.5. The van der Waals surface area contributed by atoms with Gasteiger partial charge in [0.15, 0.2) is 0 Å². The van der Waals surface area contributed by atoms with Crippen LogP contribution in [0.15, 0.2) is 40.8 Å². The number of nitrogens with one attached hydrogen (secondary N) is 2. The molecule has 140 valence electrons. The number of aryl methyl sites for hydroxylation is 1. The lowest BCUT2D eigenvalue weighted by Gasteiger charge is -2.34. The third-order valence-electron chi connectivity index (χ3n) is 4.95. The van der Waals surface area contributed by atoms with Crippen LogP contribution in [0.5, 0.6) is 0 Å². The number of furan rings is 1. The lowest BCUT2D eigenvalue weighted by atomic mass is 9.75. The summed E-state index contributed by atoms with van der Waals surface area (Å²) in [5.41, 5.74) is 2.24. The molecule has 0 saturated carbocycles. The third kappa shape index (κ3) is 4.28. The van der Waals surface area contributed by atoms with Gasteiger partial charge in [0.05, 0.1) is 12.1 Å². The third-order valence-corrected chi connectivity index (χ3v) is 4.95. The van der Waals surface area contributed by atoms with Gasteiger partial charge in [-0.2, -0.15) is 0 Å². The average Bonchev–Trinajstić information content (AvgIpc) is 2.95. The molecule has 0 fully saturated rings. The van der Waals surface area contributed by atoms with Crippen molar-refractivity contribution in [3.05, 3.63) is 59.0 Å². The van der Waals surface area contributed by atoms with Crippen LogP contribution in [0.25, 0.3) is 0 Å². The van der Waals surface area contributed by atoms with Crippen LogP contribution in [0, 0.1) is 12.3 Å². The summed E-state index contributed by atoms with van der Waals surface area (Å²) in [6.45, 7) is 6.78. The Morgan fingerprint density at radius 1 is 1.35 bits per heavy atom. The molecule has 2 N–H and O–H groups in total. The summed E-state index contributed by atoms with van der Waals surface area (Å²) in [5.74, 6) is 1.88. The van der Waals surface area contributed by atoms with Crippen molar-refractivity contribution in [2.45, 2.75) is 45.8 Å².